The molecule has 1 fully saturated rings. The Kier molecular flexibility index (Phi) is 3.95. The predicted octanol–water partition coefficient (Wildman–Crippen LogP) is 1.78. The molecule has 21 heavy (non-hydrogen) atoms. The normalized spacial score (nSPS) is 19.3. The largest absolute Gasteiger partial charge is 0.439 e. The third-order valence-electron chi connectivity index (χ3n) is 3.52. The highest BCUT2D eigenvalue weighted by molar-refractivity contribution is 5.55. The monoisotopic (exact) mass is 286 g/mol. The van der Waals surface area contributed by atoms with E-state index in [9.17, 15) is 4.39 Å². The van der Waals surface area contributed by atoms with Crippen LogP contribution in [0.4, 0.5) is 4.39 Å². The Bertz CT molecular complexity index is 646. The smallest absolute Gasteiger partial charge is 0.209 e. The highest BCUT2D eigenvalue weighted by Crippen LogP contribution is 2.21. The molecular weight excluding hydrogens is 271 g/mol. The average molecular weight is 286 g/mol. The van der Waals surface area contributed by atoms with E-state index in [1.165, 1.54) is 12.1 Å². The lowest BCUT2D eigenvalue weighted by atomic mass is 10.2. The molecular formula is C15H15FN4O. The molecule has 1 aromatic heterocycles. The second-order valence-electron chi connectivity index (χ2n) is 4.94. The highest BCUT2D eigenvalue weighted by Gasteiger charge is 2.23. The molecule has 0 amide bonds. The first-order chi connectivity index (χ1) is 10.3. The first kappa shape index (κ1) is 13.7. The van der Waals surface area contributed by atoms with Gasteiger partial charge in [-0.2, -0.15) is 5.26 Å². The minimum absolute atomic E-state index is 0.167. The Balaban J connectivity index is 1.73. The van der Waals surface area contributed by atoms with Gasteiger partial charge in [0.2, 0.25) is 5.89 Å². The van der Waals surface area contributed by atoms with E-state index >= 15 is 0 Å². The summed E-state index contributed by atoms with van der Waals surface area (Å²) in [4.78, 5) is 6.28. The molecule has 0 bridgehead atoms. The molecule has 0 saturated carbocycles. The lowest BCUT2D eigenvalue weighted by Crippen LogP contribution is -2.50. The van der Waals surface area contributed by atoms with Crippen LogP contribution < -0.4 is 5.32 Å². The Morgan fingerprint density at radius 2 is 2.24 bits per heavy atom. The van der Waals surface area contributed by atoms with Crippen LogP contribution in [-0.4, -0.2) is 35.6 Å². The zero-order chi connectivity index (χ0) is 14.7. The van der Waals surface area contributed by atoms with Crippen molar-refractivity contribution in [3.8, 4) is 17.4 Å². The van der Waals surface area contributed by atoms with E-state index in [0.717, 1.165) is 18.7 Å². The van der Waals surface area contributed by atoms with Crippen molar-refractivity contribution < 1.29 is 8.81 Å². The van der Waals surface area contributed by atoms with Crippen molar-refractivity contribution in [1.29, 1.82) is 5.26 Å². The van der Waals surface area contributed by atoms with Gasteiger partial charge in [-0.15, -0.1) is 0 Å². The summed E-state index contributed by atoms with van der Waals surface area (Å²) in [6.07, 6.45) is 1.63. The van der Waals surface area contributed by atoms with Crippen LogP contribution in [0.1, 0.15) is 5.89 Å². The molecule has 2 aromatic rings. The maximum atomic E-state index is 12.9. The molecule has 0 aliphatic carbocycles. The highest BCUT2D eigenvalue weighted by atomic mass is 19.1. The molecule has 3 rings (SSSR count). The summed E-state index contributed by atoms with van der Waals surface area (Å²) < 4.78 is 18.6. The number of hydrogen-bond acceptors (Lipinski definition) is 5. The first-order valence-electron chi connectivity index (χ1n) is 6.81. The Labute approximate surface area is 122 Å². The molecule has 1 aromatic carbocycles. The molecule has 108 valence electrons. The molecule has 5 nitrogen and oxygen atoms in total. The van der Waals surface area contributed by atoms with Crippen molar-refractivity contribution in [1.82, 2.24) is 15.2 Å². The van der Waals surface area contributed by atoms with E-state index in [2.05, 4.69) is 16.4 Å². The van der Waals surface area contributed by atoms with Crippen LogP contribution in [0.15, 0.2) is 34.9 Å². The standard InChI is InChI=1S/C15H15FN4O/c16-12-3-1-11(2-4-12)14-9-19-15(21-14)10-20-6-5-18-8-13(20)7-17/h1-4,9,13,18H,5-6,8,10H2. The lowest BCUT2D eigenvalue weighted by Gasteiger charge is -2.30. The van der Waals surface area contributed by atoms with Crippen LogP contribution in [0.5, 0.6) is 0 Å². The van der Waals surface area contributed by atoms with Gasteiger partial charge in [0.25, 0.3) is 0 Å². The molecule has 1 N–H and O–H groups in total. The summed E-state index contributed by atoms with van der Waals surface area (Å²) in [7, 11) is 0. The van der Waals surface area contributed by atoms with Crippen molar-refractivity contribution in [2.75, 3.05) is 19.6 Å². The molecule has 0 spiro atoms. The number of hydrogen-bond donors (Lipinski definition) is 1. The molecule has 1 unspecified atom stereocenters. The fourth-order valence-electron chi connectivity index (χ4n) is 2.37. The summed E-state index contributed by atoms with van der Waals surface area (Å²) in [5.74, 6) is 0.890. The Hall–Kier alpha value is -2.23. The number of nitriles is 1. The third-order valence-corrected chi connectivity index (χ3v) is 3.52. The third kappa shape index (κ3) is 3.10. The average Bonchev–Trinajstić information content (AvgIpc) is 2.97. The van der Waals surface area contributed by atoms with Gasteiger partial charge in [0, 0.05) is 25.2 Å². The van der Waals surface area contributed by atoms with Crippen LogP contribution in [0.3, 0.4) is 0 Å². The summed E-state index contributed by atoms with van der Waals surface area (Å²) in [5, 5.41) is 12.3. The number of halogens is 1. The molecule has 2 heterocycles. The number of piperazine rings is 1. The fourth-order valence-corrected chi connectivity index (χ4v) is 2.37. The van der Waals surface area contributed by atoms with Crippen molar-refractivity contribution in [2.24, 2.45) is 0 Å². The summed E-state index contributed by atoms with van der Waals surface area (Å²) in [6, 6.07) is 8.19. The molecule has 6 heteroatoms. The van der Waals surface area contributed by atoms with Gasteiger partial charge < -0.3 is 9.73 Å². The van der Waals surface area contributed by atoms with Crippen molar-refractivity contribution >= 4 is 0 Å². The zero-order valence-corrected chi connectivity index (χ0v) is 11.4. The number of benzene rings is 1. The van der Waals surface area contributed by atoms with Crippen LogP contribution in [0, 0.1) is 17.1 Å². The van der Waals surface area contributed by atoms with Gasteiger partial charge in [0.15, 0.2) is 5.76 Å². The predicted molar refractivity (Wildman–Crippen MR) is 74.6 cm³/mol. The fraction of sp³-hybridized carbons (Fsp3) is 0.333. The quantitative estimate of drug-likeness (QED) is 0.931. The molecule has 1 atom stereocenters. The topological polar surface area (TPSA) is 65.1 Å². The maximum Gasteiger partial charge on any atom is 0.209 e. The van der Waals surface area contributed by atoms with Crippen LogP contribution in [0.2, 0.25) is 0 Å². The van der Waals surface area contributed by atoms with E-state index in [4.69, 9.17) is 9.68 Å². The summed E-state index contributed by atoms with van der Waals surface area (Å²) in [6.45, 7) is 2.79. The maximum absolute atomic E-state index is 12.9. The van der Waals surface area contributed by atoms with Gasteiger partial charge in [0.1, 0.15) is 11.9 Å². The second-order valence-corrected chi connectivity index (χ2v) is 4.94. The first-order valence-corrected chi connectivity index (χ1v) is 6.81. The molecule has 0 radical (unpaired) electrons. The number of aromatic nitrogens is 1. The number of nitrogens with one attached hydrogen (secondary N) is 1. The summed E-state index contributed by atoms with van der Waals surface area (Å²) in [5.41, 5.74) is 0.785. The lowest BCUT2D eigenvalue weighted by molar-refractivity contribution is 0.173. The minimum atomic E-state index is -0.281. The number of oxazole rings is 1. The van der Waals surface area contributed by atoms with E-state index in [1.54, 1.807) is 18.3 Å². The van der Waals surface area contributed by atoms with Crippen molar-refractivity contribution in [3.05, 3.63) is 42.2 Å². The van der Waals surface area contributed by atoms with Crippen LogP contribution >= 0.6 is 0 Å². The van der Waals surface area contributed by atoms with Crippen LogP contribution in [-0.2, 0) is 6.54 Å². The SMILES string of the molecule is N#CC1CNCCN1Cc1ncc(-c2ccc(F)cc2)o1. The molecule has 1 aliphatic heterocycles. The van der Waals surface area contributed by atoms with Crippen LogP contribution in [0.25, 0.3) is 11.3 Å². The van der Waals surface area contributed by atoms with Gasteiger partial charge >= 0.3 is 0 Å². The van der Waals surface area contributed by atoms with E-state index < -0.39 is 0 Å². The van der Waals surface area contributed by atoms with Gasteiger partial charge in [-0.3, -0.25) is 4.90 Å². The Morgan fingerprint density at radius 1 is 1.43 bits per heavy atom. The van der Waals surface area contributed by atoms with Gasteiger partial charge in [0.05, 0.1) is 18.8 Å². The van der Waals surface area contributed by atoms with Gasteiger partial charge in [-0.25, -0.2) is 9.37 Å². The molecule has 1 saturated heterocycles. The van der Waals surface area contributed by atoms with Crippen molar-refractivity contribution in [2.45, 2.75) is 12.6 Å². The van der Waals surface area contributed by atoms with Gasteiger partial charge in [-0.1, -0.05) is 0 Å². The number of rotatable bonds is 3. The summed E-state index contributed by atoms with van der Waals surface area (Å²) >= 11 is 0. The van der Waals surface area contributed by atoms with E-state index in [0.29, 0.717) is 24.7 Å². The Morgan fingerprint density at radius 3 is 3.00 bits per heavy atom. The van der Waals surface area contributed by atoms with Gasteiger partial charge in [-0.05, 0) is 24.3 Å². The second kappa shape index (κ2) is 6.04. The zero-order valence-electron chi connectivity index (χ0n) is 11.4. The van der Waals surface area contributed by atoms with Crippen molar-refractivity contribution in [3.63, 3.8) is 0 Å². The molecule has 1 aliphatic rings. The van der Waals surface area contributed by atoms with E-state index in [-0.39, 0.29) is 11.9 Å². The number of nitrogens with zero attached hydrogens (tertiary/aromatic N) is 3. The minimum Gasteiger partial charge on any atom is -0.439 e. The van der Waals surface area contributed by atoms with E-state index in [1.807, 2.05) is 4.90 Å².